The average molecular weight is 306 g/mol. The van der Waals surface area contributed by atoms with Crippen LogP contribution in [0.1, 0.15) is 18.9 Å². The standard InChI is InChI=1S/C8H14N4OP4/c1-2-3-5-4-9-8-6(7(5)13)12(11-10-8)17(15)16-14/h4,16H,2-3,14-15H2,1H3,(H,9,13). The summed E-state index contributed by atoms with van der Waals surface area (Å²) in [6, 6.07) is 0. The topological polar surface area (TPSA) is 63.6 Å². The summed E-state index contributed by atoms with van der Waals surface area (Å²) in [6.45, 7) is 2.06. The van der Waals surface area contributed by atoms with Gasteiger partial charge in [-0.1, -0.05) is 27.5 Å². The first-order chi connectivity index (χ1) is 8.19. The van der Waals surface area contributed by atoms with Crippen LogP contribution < -0.4 is 5.43 Å². The van der Waals surface area contributed by atoms with Gasteiger partial charge in [-0.3, -0.25) is 4.79 Å². The fraction of sp³-hybridized carbons (Fsp3) is 0.375. The van der Waals surface area contributed by atoms with E-state index in [1.165, 1.54) is 0 Å². The molecule has 0 saturated heterocycles. The zero-order chi connectivity index (χ0) is 12.4. The van der Waals surface area contributed by atoms with Crippen LogP contribution in [-0.2, 0) is 6.42 Å². The molecule has 2 heterocycles. The van der Waals surface area contributed by atoms with Gasteiger partial charge in [-0.05, 0) is 14.4 Å². The van der Waals surface area contributed by atoms with Gasteiger partial charge in [0, 0.05) is 11.8 Å². The highest BCUT2D eigenvalue weighted by atomic mass is 32.6. The predicted octanol–water partition coefficient (Wildman–Crippen LogP) is 2.49. The van der Waals surface area contributed by atoms with Crippen molar-refractivity contribution in [2.75, 3.05) is 0 Å². The Hall–Kier alpha value is 0.0700. The highest BCUT2D eigenvalue weighted by Gasteiger charge is 2.15. The summed E-state index contributed by atoms with van der Waals surface area (Å²) in [4.78, 5) is 15.3. The van der Waals surface area contributed by atoms with Crippen LogP contribution in [0.5, 0.6) is 0 Å². The number of rotatable bonds is 4. The van der Waals surface area contributed by atoms with Crippen molar-refractivity contribution in [1.29, 1.82) is 0 Å². The first-order valence-electron chi connectivity index (χ1n) is 5.16. The van der Waals surface area contributed by atoms with Crippen LogP contribution in [0.15, 0.2) is 11.0 Å². The Kier molecular flexibility index (Phi) is 4.61. The summed E-state index contributed by atoms with van der Waals surface area (Å²) in [5.41, 5.74) is 2.05. The lowest BCUT2D eigenvalue weighted by Crippen LogP contribution is -2.12. The predicted molar refractivity (Wildman–Crippen MR) is 82.2 cm³/mol. The highest BCUT2D eigenvalue weighted by molar-refractivity contribution is 8.60. The van der Waals surface area contributed by atoms with Crippen LogP contribution in [0.2, 0.25) is 0 Å². The van der Waals surface area contributed by atoms with E-state index in [-0.39, 0.29) is 5.43 Å². The number of aromatic nitrogens is 4. The van der Waals surface area contributed by atoms with Crippen molar-refractivity contribution in [2.45, 2.75) is 19.8 Å². The van der Waals surface area contributed by atoms with Crippen molar-refractivity contribution in [3.8, 4) is 0 Å². The number of aryl methyl sites for hydroxylation is 1. The Morgan fingerprint density at radius 2 is 2.41 bits per heavy atom. The number of aromatic amines is 1. The van der Waals surface area contributed by atoms with Crippen molar-refractivity contribution < 1.29 is 0 Å². The quantitative estimate of drug-likeness (QED) is 0.883. The molecule has 0 aliphatic carbocycles. The molecule has 4 unspecified atom stereocenters. The van der Waals surface area contributed by atoms with Crippen LogP contribution in [0.4, 0.5) is 0 Å². The van der Waals surface area contributed by atoms with E-state index in [4.69, 9.17) is 0 Å². The van der Waals surface area contributed by atoms with E-state index in [9.17, 15) is 4.79 Å². The molecule has 0 aromatic carbocycles. The molecule has 4 atom stereocenters. The van der Waals surface area contributed by atoms with Gasteiger partial charge in [-0.2, -0.15) is 0 Å². The molecule has 0 amide bonds. The Morgan fingerprint density at radius 3 is 3.06 bits per heavy atom. The van der Waals surface area contributed by atoms with Gasteiger partial charge in [0.2, 0.25) is 5.43 Å². The number of fused-ring (bicyclic) bond motifs is 1. The molecule has 2 rings (SSSR count). The molecule has 92 valence electrons. The first-order valence-corrected chi connectivity index (χ1v) is 11.7. The van der Waals surface area contributed by atoms with Crippen LogP contribution in [0.25, 0.3) is 11.2 Å². The van der Waals surface area contributed by atoms with Gasteiger partial charge >= 0.3 is 0 Å². The van der Waals surface area contributed by atoms with Crippen molar-refractivity contribution in [3.05, 3.63) is 22.0 Å². The molecule has 9 heteroatoms. The van der Waals surface area contributed by atoms with E-state index < -0.39 is 7.45 Å². The van der Waals surface area contributed by atoms with Crippen LogP contribution in [0.3, 0.4) is 0 Å². The molecule has 0 saturated carbocycles. The van der Waals surface area contributed by atoms with Gasteiger partial charge in [0.25, 0.3) is 0 Å². The van der Waals surface area contributed by atoms with Crippen molar-refractivity contribution in [2.24, 2.45) is 0 Å². The highest BCUT2D eigenvalue weighted by Crippen LogP contribution is 2.66. The third-order valence-electron chi connectivity index (χ3n) is 2.40. The number of hydrogen-bond donors (Lipinski definition) is 1. The van der Waals surface area contributed by atoms with Crippen molar-refractivity contribution >= 4 is 44.4 Å². The normalized spacial score (nSPS) is 13.8. The number of pyridine rings is 1. The van der Waals surface area contributed by atoms with Gasteiger partial charge in [0.15, 0.2) is 11.2 Å². The lowest BCUT2D eigenvalue weighted by atomic mass is 10.1. The maximum Gasteiger partial charge on any atom is 0.212 e. The molecular formula is C8H14N4OP4. The molecular weight excluding hydrogens is 292 g/mol. The molecule has 0 aliphatic heterocycles. The third-order valence-corrected chi connectivity index (χ3v) is 11.8. The van der Waals surface area contributed by atoms with E-state index >= 15 is 0 Å². The zero-order valence-electron chi connectivity index (χ0n) is 9.34. The Morgan fingerprint density at radius 1 is 1.65 bits per heavy atom. The van der Waals surface area contributed by atoms with E-state index in [0.29, 0.717) is 19.1 Å². The number of nitrogens with one attached hydrogen (secondary N) is 1. The first kappa shape index (κ1) is 13.5. The van der Waals surface area contributed by atoms with Crippen LogP contribution in [0, 0.1) is 0 Å². The average Bonchev–Trinajstić information content (AvgIpc) is 2.76. The van der Waals surface area contributed by atoms with E-state index in [2.05, 4.69) is 40.1 Å². The number of nitrogens with zero attached hydrogens (tertiary/aromatic N) is 3. The molecule has 0 aliphatic rings. The molecule has 0 fully saturated rings. The maximum atomic E-state index is 12.3. The molecule has 0 radical (unpaired) electrons. The van der Waals surface area contributed by atoms with Gasteiger partial charge in [0.05, 0.1) is 7.45 Å². The molecule has 17 heavy (non-hydrogen) atoms. The molecule has 0 bridgehead atoms. The maximum absolute atomic E-state index is 12.3. The monoisotopic (exact) mass is 306 g/mol. The Bertz CT molecular complexity index is 580. The Labute approximate surface area is 106 Å². The molecule has 2 aromatic heterocycles. The summed E-state index contributed by atoms with van der Waals surface area (Å²) in [6.07, 6.45) is 3.49. The van der Waals surface area contributed by atoms with Gasteiger partial charge < -0.3 is 4.98 Å². The minimum absolute atomic E-state index is 0.0591. The zero-order valence-corrected chi connectivity index (χ0v) is 13.5. The Balaban J connectivity index is 2.65. The van der Waals surface area contributed by atoms with Gasteiger partial charge in [-0.15, -0.1) is 14.0 Å². The van der Waals surface area contributed by atoms with Crippen LogP contribution >= 0.6 is 33.3 Å². The van der Waals surface area contributed by atoms with Crippen LogP contribution in [-0.4, -0.2) is 19.7 Å². The van der Waals surface area contributed by atoms with E-state index in [1.807, 2.05) is 0 Å². The number of H-pyrrole nitrogens is 1. The largest absolute Gasteiger partial charge is 0.343 e. The summed E-state index contributed by atoms with van der Waals surface area (Å²) in [5.74, 6) is 0. The second kappa shape index (κ2) is 5.81. The molecule has 5 nitrogen and oxygen atoms in total. The summed E-state index contributed by atoms with van der Waals surface area (Å²) < 4.78 is 1.75. The summed E-state index contributed by atoms with van der Waals surface area (Å²) >= 11 is 0. The second-order valence-corrected chi connectivity index (χ2v) is 12.4. The smallest absolute Gasteiger partial charge is 0.212 e. The fourth-order valence-corrected chi connectivity index (χ4v) is 4.46. The molecule has 1 N–H and O–H groups in total. The SMILES string of the molecule is CCCc1c[nH]c2nnn(P(P)PP)c2c1=O. The minimum atomic E-state index is -0.544. The summed E-state index contributed by atoms with van der Waals surface area (Å²) in [5, 5.41) is 8.07. The number of hydrogen-bond acceptors (Lipinski definition) is 3. The minimum Gasteiger partial charge on any atom is -0.343 e. The second-order valence-electron chi connectivity index (χ2n) is 3.54. The van der Waals surface area contributed by atoms with Crippen molar-refractivity contribution in [3.63, 3.8) is 0 Å². The fourth-order valence-electron chi connectivity index (χ4n) is 1.60. The van der Waals surface area contributed by atoms with Gasteiger partial charge in [0.1, 0.15) is 0 Å². The summed E-state index contributed by atoms with van der Waals surface area (Å²) in [7, 11) is 5.53. The van der Waals surface area contributed by atoms with E-state index in [0.717, 1.165) is 18.4 Å². The lowest BCUT2D eigenvalue weighted by Gasteiger charge is -2.08. The molecule has 0 spiro atoms. The third kappa shape index (κ3) is 2.59. The van der Waals surface area contributed by atoms with Gasteiger partial charge in [-0.25, -0.2) is 4.45 Å². The van der Waals surface area contributed by atoms with Crippen molar-refractivity contribution in [1.82, 2.24) is 19.7 Å². The van der Waals surface area contributed by atoms with E-state index in [1.54, 1.807) is 10.6 Å². The molecule has 2 aromatic rings. The lowest BCUT2D eigenvalue weighted by molar-refractivity contribution is 0.900.